The summed E-state index contributed by atoms with van der Waals surface area (Å²) in [5.41, 5.74) is 2.77. The van der Waals surface area contributed by atoms with Crippen LogP contribution < -0.4 is 4.74 Å². The average molecular weight is 464 g/mol. The highest BCUT2D eigenvalue weighted by Crippen LogP contribution is 2.41. The predicted octanol–water partition coefficient (Wildman–Crippen LogP) is 4.70. The number of aliphatic hydroxyl groups excluding tert-OH is 1. The highest BCUT2D eigenvalue weighted by atomic mass is 32.1. The number of carbonyl (C=O) groups excluding carboxylic acids is 2. The summed E-state index contributed by atoms with van der Waals surface area (Å²) in [7, 11) is 1.54. The molecule has 0 radical (unpaired) electrons. The first-order valence-corrected chi connectivity index (χ1v) is 11.5. The quantitative estimate of drug-likeness (QED) is 0.298. The number of carbonyl (C=O) groups is 2. The first-order valence-electron chi connectivity index (χ1n) is 10.6. The van der Waals surface area contributed by atoms with Gasteiger partial charge in [0, 0.05) is 24.1 Å². The third-order valence-corrected chi connectivity index (χ3v) is 6.43. The lowest BCUT2D eigenvalue weighted by molar-refractivity contribution is -0.140. The average Bonchev–Trinajstić information content (AvgIpc) is 3.43. The molecule has 2 aromatic carbocycles. The number of aryl methyl sites for hydroxylation is 1. The van der Waals surface area contributed by atoms with Gasteiger partial charge in [-0.1, -0.05) is 35.9 Å². The minimum absolute atomic E-state index is 0.0898. The Balaban J connectivity index is 1.60. The molecule has 1 N–H and O–H groups in total. The molecule has 170 valence electrons. The zero-order valence-electron chi connectivity index (χ0n) is 18.5. The molecule has 33 heavy (non-hydrogen) atoms. The molecule has 1 aliphatic heterocycles. The van der Waals surface area contributed by atoms with Crippen LogP contribution in [-0.2, 0) is 20.9 Å². The summed E-state index contributed by atoms with van der Waals surface area (Å²) < 4.78 is 11.0. The fourth-order valence-electron chi connectivity index (χ4n) is 3.88. The summed E-state index contributed by atoms with van der Waals surface area (Å²) in [6.45, 7) is 3.01. The van der Waals surface area contributed by atoms with Crippen molar-refractivity contribution in [3.8, 4) is 5.75 Å². The molecule has 1 aliphatic rings. The van der Waals surface area contributed by atoms with E-state index in [4.69, 9.17) is 9.47 Å². The topological polar surface area (TPSA) is 76.1 Å². The first-order chi connectivity index (χ1) is 16.0. The fraction of sp³-hybridized carbons (Fsp3) is 0.231. The molecular weight excluding hydrogens is 438 g/mol. The van der Waals surface area contributed by atoms with Crippen molar-refractivity contribution < 1.29 is 24.2 Å². The normalized spacial score (nSPS) is 17.5. The second-order valence-electron chi connectivity index (χ2n) is 7.80. The number of ketones is 1. The van der Waals surface area contributed by atoms with Crippen molar-refractivity contribution in [3.63, 3.8) is 0 Å². The highest BCUT2D eigenvalue weighted by Gasteiger charge is 2.46. The van der Waals surface area contributed by atoms with E-state index in [9.17, 15) is 14.7 Å². The van der Waals surface area contributed by atoms with Crippen molar-refractivity contribution in [2.75, 3.05) is 20.3 Å². The minimum atomic E-state index is -0.693. The Bertz CT molecular complexity index is 1170. The molecular formula is C26H25NO5S. The Morgan fingerprint density at radius 2 is 1.88 bits per heavy atom. The number of benzene rings is 2. The maximum absolute atomic E-state index is 12.9. The molecule has 0 bridgehead atoms. The van der Waals surface area contributed by atoms with Crippen LogP contribution in [0.3, 0.4) is 0 Å². The van der Waals surface area contributed by atoms with Crippen molar-refractivity contribution in [2.45, 2.75) is 19.6 Å². The number of hydrogen-bond donors (Lipinski definition) is 1. The predicted molar refractivity (Wildman–Crippen MR) is 127 cm³/mol. The second-order valence-corrected chi connectivity index (χ2v) is 8.78. The molecule has 0 aliphatic carbocycles. The lowest BCUT2D eigenvalue weighted by atomic mass is 10.00. The van der Waals surface area contributed by atoms with Crippen LogP contribution in [0.2, 0.25) is 0 Å². The number of amides is 1. The number of Topliss-reactive ketones (excluding diaryl/α,β-unsaturated/α-hetero) is 1. The van der Waals surface area contributed by atoms with Gasteiger partial charge in [0.05, 0.1) is 18.2 Å². The SMILES string of the molecule is COCCN1C(=O)C(=O)C(=C(O)c2ccc(OCc3cccc(C)c3)cc2)[C@@H]1c1cccs1. The zero-order valence-corrected chi connectivity index (χ0v) is 19.3. The van der Waals surface area contributed by atoms with E-state index >= 15 is 0 Å². The van der Waals surface area contributed by atoms with Crippen molar-refractivity contribution in [1.82, 2.24) is 4.90 Å². The molecule has 1 aromatic heterocycles. The molecule has 0 spiro atoms. The summed E-state index contributed by atoms with van der Waals surface area (Å²) in [5, 5.41) is 12.9. The van der Waals surface area contributed by atoms with Gasteiger partial charge in [0.25, 0.3) is 11.7 Å². The molecule has 0 unspecified atom stereocenters. The van der Waals surface area contributed by atoms with Crippen LogP contribution in [0.15, 0.2) is 71.6 Å². The van der Waals surface area contributed by atoms with Crippen molar-refractivity contribution in [1.29, 1.82) is 0 Å². The second kappa shape index (κ2) is 10.0. The minimum Gasteiger partial charge on any atom is -0.507 e. The molecule has 2 heterocycles. The van der Waals surface area contributed by atoms with E-state index in [1.165, 1.54) is 21.8 Å². The van der Waals surface area contributed by atoms with Crippen LogP contribution in [-0.4, -0.2) is 42.0 Å². The largest absolute Gasteiger partial charge is 0.507 e. The van der Waals surface area contributed by atoms with Gasteiger partial charge in [0.15, 0.2) is 0 Å². The van der Waals surface area contributed by atoms with Gasteiger partial charge >= 0.3 is 0 Å². The Kier molecular flexibility index (Phi) is 6.91. The fourth-order valence-corrected chi connectivity index (χ4v) is 4.72. The van der Waals surface area contributed by atoms with E-state index < -0.39 is 17.7 Å². The van der Waals surface area contributed by atoms with Crippen molar-refractivity contribution in [3.05, 3.63) is 93.2 Å². The van der Waals surface area contributed by atoms with Gasteiger partial charge in [-0.15, -0.1) is 11.3 Å². The highest BCUT2D eigenvalue weighted by molar-refractivity contribution is 7.10. The first kappa shape index (κ1) is 22.8. The summed E-state index contributed by atoms with van der Waals surface area (Å²) in [6.07, 6.45) is 0. The molecule has 1 saturated heterocycles. The monoisotopic (exact) mass is 463 g/mol. The van der Waals surface area contributed by atoms with Crippen LogP contribution in [0, 0.1) is 6.92 Å². The summed E-state index contributed by atoms with van der Waals surface area (Å²) in [6, 6.07) is 18.0. The Morgan fingerprint density at radius 1 is 1.09 bits per heavy atom. The number of methoxy groups -OCH3 is 1. The lowest BCUT2D eigenvalue weighted by Gasteiger charge is -2.23. The van der Waals surface area contributed by atoms with E-state index in [0.29, 0.717) is 24.5 Å². The van der Waals surface area contributed by atoms with Crippen LogP contribution >= 0.6 is 11.3 Å². The van der Waals surface area contributed by atoms with Gasteiger partial charge in [0.2, 0.25) is 0 Å². The smallest absolute Gasteiger partial charge is 0.295 e. The Hall–Kier alpha value is -3.42. The molecule has 4 rings (SSSR count). The van der Waals surface area contributed by atoms with E-state index in [0.717, 1.165) is 10.4 Å². The molecule has 1 amide bonds. The number of aliphatic hydroxyl groups is 1. The van der Waals surface area contributed by atoms with E-state index in [-0.39, 0.29) is 17.9 Å². The van der Waals surface area contributed by atoms with Gasteiger partial charge in [-0.25, -0.2) is 0 Å². The van der Waals surface area contributed by atoms with Crippen LogP contribution in [0.4, 0.5) is 0 Å². The van der Waals surface area contributed by atoms with E-state index in [2.05, 4.69) is 6.07 Å². The summed E-state index contributed by atoms with van der Waals surface area (Å²) in [5.74, 6) is -0.882. The van der Waals surface area contributed by atoms with Gasteiger partial charge in [-0.2, -0.15) is 0 Å². The maximum atomic E-state index is 12.9. The molecule has 0 saturated carbocycles. The number of likely N-dealkylation sites (tertiary alicyclic amines) is 1. The molecule has 7 heteroatoms. The molecule has 1 fully saturated rings. The van der Waals surface area contributed by atoms with Crippen molar-refractivity contribution >= 4 is 28.8 Å². The summed E-state index contributed by atoms with van der Waals surface area (Å²) in [4.78, 5) is 27.9. The maximum Gasteiger partial charge on any atom is 0.295 e. The van der Waals surface area contributed by atoms with Crippen LogP contribution in [0.5, 0.6) is 5.75 Å². The zero-order chi connectivity index (χ0) is 23.4. The third-order valence-electron chi connectivity index (χ3n) is 5.50. The molecule has 3 aromatic rings. The number of ether oxygens (including phenoxy) is 2. The molecule has 6 nitrogen and oxygen atoms in total. The number of rotatable bonds is 8. The third kappa shape index (κ3) is 4.84. The van der Waals surface area contributed by atoms with Gasteiger partial charge in [-0.05, 0) is 48.2 Å². The van der Waals surface area contributed by atoms with Gasteiger partial charge in [0.1, 0.15) is 18.1 Å². The standard InChI is InChI=1S/C26H25NO5S/c1-17-5-3-6-18(15-17)16-32-20-10-8-19(9-11-20)24(28)22-23(21-7-4-14-33-21)27(12-13-31-2)26(30)25(22)29/h3-11,14-15,23,28H,12-13,16H2,1-2H3/t23-/m0/s1. The van der Waals surface area contributed by atoms with Crippen LogP contribution in [0.1, 0.15) is 27.6 Å². The van der Waals surface area contributed by atoms with Crippen molar-refractivity contribution in [2.24, 2.45) is 0 Å². The van der Waals surface area contributed by atoms with Gasteiger partial charge < -0.3 is 19.5 Å². The van der Waals surface area contributed by atoms with E-state index in [1.54, 1.807) is 31.4 Å². The van der Waals surface area contributed by atoms with Gasteiger partial charge in [-0.3, -0.25) is 9.59 Å². The summed E-state index contributed by atoms with van der Waals surface area (Å²) >= 11 is 1.43. The van der Waals surface area contributed by atoms with E-state index in [1.807, 2.05) is 42.6 Å². The lowest BCUT2D eigenvalue weighted by Crippen LogP contribution is -2.32. The number of thiophene rings is 1. The van der Waals surface area contributed by atoms with Crippen LogP contribution in [0.25, 0.3) is 5.76 Å². The Labute approximate surface area is 196 Å². The number of nitrogens with zero attached hydrogens (tertiary/aromatic N) is 1. The Morgan fingerprint density at radius 3 is 2.55 bits per heavy atom. The number of hydrogen-bond acceptors (Lipinski definition) is 6. The molecule has 1 atom stereocenters.